The molecule has 0 amide bonds. The number of pyridine rings is 1. The number of para-hydroxylation sites is 2. The van der Waals surface area contributed by atoms with Crippen LogP contribution in [0, 0.1) is 0 Å². The van der Waals surface area contributed by atoms with Crippen LogP contribution in [0.2, 0.25) is 0 Å². The zero-order chi connectivity index (χ0) is 14.5. The first-order valence-electron chi connectivity index (χ1n) is 7.05. The van der Waals surface area contributed by atoms with Crippen molar-refractivity contribution in [2.75, 3.05) is 29.2 Å². The number of anilines is 1. The van der Waals surface area contributed by atoms with E-state index in [4.69, 9.17) is 16.6 Å². The number of hydrogen-bond donors (Lipinski definition) is 1. The number of nitrogens with zero attached hydrogens (tertiary/aromatic N) is 1. The van der Waals surface area contributed by atoms with Gasteiger partial charge < -0.3 is 5.32 Å². The Morgan fingerprint density at radius 1 is 0.905 bits per heavy atom. The van der Waals surface area contributed by atoms with E-state index in [1.165, 1.54) is 16.5 Å². The number of alkyl halides is 1. The standard InChI is InChI=1S/C17H17ClN2S/c18-9-11-21-12-10-19-17-13-5-1-3-7-15(13)20-16-8-4-2-6-14(16)17/h1-8H,9-12H2,(H,19,20). The maximum Gasteiger partial charge on any atom is 0.0730 e. The molecule has 1 heterocycles. The lowest BCUT2D eigenvalue weighted by atomic mass is 10.1. The minimum Gasteiger partial charge on any atom is -0.383 e. The van der Waals surface area contributed by atoms with Gasteiger partial charge in [-0.3, -0.25) is 0 Å². The Hall–Kier alpha value is -1.45. The van der Waals surface area contributed by atoms with Crippen LogP contribution in [-0.2, 0) is 0 Å². The number of thioether (sulfide) groups is 1. The second-order valence-corrected chi connectivity index (χ2v) is 6.35. The molecule has 0 aliphatic carbocycles. The summed E-state index contributed by atoms with van der Waals surface area (Å²) in [5, 5.41) is 5.94. The van der Waals surface area contributed by atoms with Gasteiger partial charge in [-0.2, -0.15) is 11.8 Å². The molecule has 21 heavy (non-hydrogen) atoms. The van der Waals surface area contributed by atoms with E-state index in [0.717, 1.165) is 29.1 Å². The number of fused-ring (bicyclic) bond motifs is 2. The van der Waals surface area contributed by atoms with Crippen molar-refractivity contribution < 1.29 is 0 Å². The van der Waals surface area contributed by atoms with E-state index in [1.807, 2.05) is 23.9 Å². The summed E-state index contributed by atoms with van der Waals surface area (Å²) in [6, 6.07) is 16.6. The summed E-state index contributed by atoms with van der Waals surface area (Å²) in [7, 11) is 0. The Kier molecular flexibility index (Phi) is 4.84. The zero-order valence-corrected chi connectivity index (χ0v) is 13.3. The van der Waals surface area contributed by atoms with E-state index in [1.54, 1.807) is 0 Å². The molecule has 2 aromatic carbocycles. The molecular weight excluding hydrogens is 300 g/mol. The summed E-state index contributed by atoms with van der Waals surface area (Å²) in [6.45, 7) is 0.930. The average molecular weight is 317 g/mol. The molecule has 0 bridgehead atoms. The largest absolute Gasteiger partial charge is 0.383 e. The van der Waals surface area contributed by atoms with Crippen molar-refractivity contribution in [2.24, 2.45) is 0 Å². The lowest BCUT2D eigenvalue weighted by Crippen LogP contribution is -2.06. The van der Waals surface area contributed by atoms with E-state index >= 15 is 0 Å². The second kappa shape index (κ2) is 7.01. The normalized spacial score (nSPS) is 11.1. The van der Waals surface area contributed by atoms with Gasteiger partial charge in [-0.05, 0) is 12.1 Å². The molecule has 1 aromatic heterocycles. The monoisotopic (exact) mass is 316 g/mol. The third kappa shape index (κ3) is 3.25. The van der Waals surface area contributed by atoms with Crippen molar-refractivity contribution >= 4 is 50.9 Å². The number of aromatic nitrogens is 1. The molecule has 0 radical (unpaired) electrons. The van der Waals surface area contributed by atoms with Gasteiger partial charge in [-0.1, -0.05) is 36.4 Å². The number of benzene rings is 2. The Balaban J connectivity index is 1.96. The highest BCUT2D eigenvalue weighted by atomic mass is 35.5. The van der Waals surface area contributed by atoms with Crippen molar-refractivity contribution in [3.8, 4) is 0 Å². The minimum atomic E-state index is 0.714. The highest BCUT2D eigenvalue weighted by Gasteiger charge is 2.07. The third-order valence-electron chi connectivity index (χ3n) is 3.36. The van der Waals surface area contributed by atoms with Crippen LogP contribution in [-0.4, -0.2) is 28.9 Å². The van der Waals surface area contributed by atoms with E-state index in [-0.39, 0.29) is 0 Å². The zero-order valence-electron chi connectivity index (χ0n) is 11.7. The number of hydrogen-bond acceptors (Lipinski definition) is 3. The summed E-state index contributed by atoms with van der Waals surface area (Å²) in [6.07, 6.45) is 0. The van der Waals surface area contributed by atoms with Crippen LogP contribution in [0.3, 0.4) is 0 Å². The van der Waals surface area contributed by atoms with Crippen LogP contribution in [0.15, 0.2) is 48.5 Å². The minimum absolute atomic E-state index is 0.714. The van der Waals surface area contributed by atoms with Crippen LogP contribution in [0.4, 0.5) is 5.69 Å². The SMILES string of the molecule is ClCCSCCNc1c2ccccc2nc2ccccc12. The van der Waals surface area contributed by atoms with Gasteiger partial charge in [-0.25, -0.2) is 4.98 Å². The first kappa shape index (κ1) is 14.5. The average Bonchev–Trinajstić information content (AvgIpc) is 2.53. The number of halogens is 1. The van der Waals surface area contributed by atoms with E-state index in [0.29, 0.717) is 5.88 Å². The molecule has 0 fully saturated rings. The van der Waals surface area contributed by atoms with Gasteiger partial charge in [0.15, 0.2) is 0 Å². The molecule has 0 spiro atoms. The Morgan fingerprint density at radius 3 is 2.14 bits per heavy atom. The van der Waals surface area contributed by atoms with Crippen LogP contribution in [0.1, 0.15) is 0 Å². The third-order valence-corrected chi connectivity index (χ3v) is 4.76. The van der Waals surface area contributed by atoms with Gasteiger partial charge in [0.2, 0.25) is 0 Å². The summed E-state index contributed by atoms with van der Waals surface area (Å²) in [4.78, 5) is 4.73. The topological polar surface area (TPSA) is 24.9 Å². The van der Waals surface area contributed by atoms with Crippen molar-refractivity contribution in [2.45, 2.75) is 0 Å². The molecule has 2 nitrogen and oxygen atoms in total. The van der Waals surface area contributed by atoms with Crippen molar-refractivity contribution in [1.29, 1.82) is 0 Å². The number of rotatable bonds is 6. The smallest absolute Gasteiger partial charge is 0.0730 e. The summed E-state index contributed by atoms with van der Waals surface area (Å²) in [5.41, 5.74) is 3.25. The molecule has 0 atom stereocenters. The number of nitrogens with one attached hydrogen (secondary N) is 1. The quantitative estimate of drug-likeness (QED) is 0.403. The van der Waals surface area contributed by atoms with Crippen LogP contribution < -0.4 is 5.32 Å². The fourth-order valence-electron chi connectivity index (χ4n) is 2.44. The van der Waals surface area contributed by atoms with Gasteiger partial charge in [0.05, 0.1) is 16.7 Å². The van der Waals surface area contributed by atoms with Crippen LogP contribution >= 0.6 is 23.4 Å². The van der Waals surface area contributed by atoms with E-state index < -0.39 is 0 Å². The lowest BCUT2D eigenvalue weighted by Gasteiger charge is -2.13. The van der Waals surface area contributed by atoms with Crippen molar-refractivity contribution in [3.63, 3.8) is 0 Å². The molecule has 0 saturated heterocycles. The maximum absolute atomic E-state index is 5.70. The summed E-state index contributed by atoms with van der Waals surface area (Å²) in [5.74, 6) is 2.77. The van der Waals surface area contributed by atoms with Gasteiger partial charge in [0, 0.05) is 34.7 Å². The fraction of sp³-hybridized carbons (Fsp3) is 0.235. The molecule has 0 aliphatic rings. The predicted molar refractivity (Wildman–Crippen MR) is 95.8 cm³/mol. The Morgan fingerprint density at radius 2 is 1.52 bits per heavy atom. The van der Waals surface area contributed by atoms with E-state index in [2.05, 4.69) is 41.7 Å². The Bertz CT molecular complexity index is 691. The summed E-state index contributed by atoms with van der Waals surface area (Å²) < 4.78 is 0. The molecule has 0 unspecified atom stereocenters. The second-order valence-electron chi connectivity index (χ2n) is 4.75. The highest BCUT2D eigenvalue weighted by molar-refractivity contribution is 7.99. The Labute approximate surface area is 133 Å². The maximum atomic E-state index is 5.70. The van der Waals surface area contributed by atoms with Gasteiger partial charge in [0.25, 0.3) is 0 Å². The summed E-state index contributed by atoms with van der Waals surface area (Å²) >= 11 is 7.58. The van der Waals surface area contributed by atoms with Crippen LogP contribution in [0.5, 0.6) is 0 Å². The van der Waals surface area contributed by atoms with E-state index in [9.17, 15) is 0 Å². The fourth-order valence-corrected chi connectivity index (χ4v) is 3.32. The van der Waals surface area contributed by atoms with Crippen molar-refractivity contribution in [1.82, 2.24) is 4.98 Å². The molecule has 4 heteroatoms. The first-order valence-corrected chi connectivity index (χ1v) is 8.74. The molecule has 108 valence electrons. The molecular formula is C17H17ClN2S. The molecule has 0 aliphatic heterocycles. The molecule has 1 N–H and O–H groups in total. The van der Waals surface area contributed by atoms with Gasteiger partial charge >= 0.3 is 0 Å². The van der Waals surface area contributed by atoms with Gasteiger partial charge in [-0.15, -0.1) is 11.6 Å². The molecule has 3 rings (SSSR count). The molecule has 0 saturated carbocycles. The van der Waals surface area contributed by atoms with Crippen LogP contribution in [0.25, 0.3) is 21.8 Å². The van der Waals surface area contributed by atoms with Gasteiger partial charge in [0.1, 0.15) is 0 Å². The lowest BCUT2D eigenvalue weighted by molar-refractivity contribution is 1.24. The van der Waals surface area contributed by atoms with Crippen molar-refractivity contribution in [3.05, 3.63) is 48.5 Å². The predicted octanol–water partition coefficient (Wildman–Crippen LogP) is 4.77. The highest BCUT2D eigenvalue weighted by Crippen LogP contribution is 2.30. The molecule has 3 aromatic rings. The first-order chi connectivity index (χ1) is 10.4.